The van der Waals surface area contributed by atoms with E-state index in [0.29, 0.717) is 0 Å². The highest BCUT2D eigenvalue weighted by atomic mass is 16.5. The minimum absolute atomic E-state index is 0.916. The number of methoxy groups -OCH3 is 1. The number of anilines is 2. The van der Waals surface area contributed by atoms with Gasteiger partial charge in [0, 0.05) is 25.7 Å². The number of ether oxygens (including phenoxy) is 1. The second-order valence-corrected chi connectivity index (χ2v) is 3.74. The molecule has 0 saturated heterocycles. The first-order valence-electron chi connectivity index (χ1n) is 5.52. The average molecular weight is 206 g/mol. The highest BCUT2D eigenvalue weighted by molar-refractivity contribution is 5.72. The molecular formula is C12H18N2O. The maximum atomic E-state index is 5.23. The molecule has 0 aliphatic carbocycles. The van der Waals surface area contributed by atoms with Crippen molar-refractivity contribution >= 4 is 11.4 Å². The molecule has 1 aliphatic rings. The summed E-state index contributed by atoms with van der Waals surface area (Å²) in [6.45, 7) is 5.42. The van der Waals surface area contributed by atoms with E-state index in [0.717, 1.165) is 25.4 Å². The molecule has 82 valence electrons. The normalized spacial score (nSPS) is 15.2. The fraction of sp³-hybridized carbons (Fsp3) is 0.500. The number of rotatable bonds is 2. The van der Waals surface area contributed by atoms with Crippen molar-refractivity contribution in [3.63, 3.8) is 0 Å². The van der Waals surface area contributed by atoms with Crippen molar-refractivity contribution in [2.24, 2.45) is 0 Å². The lowest BCUT2D eigenvalue weighted by Gasteiger charge is -2.22. The molecule has 0 atom stereocenters. The van der Waals surface area contributed by atoms with Crippen LogP contribution < -0.4 is 15.0 Å². The zero-order valence-electron chi connectivity index (χ0n) is 9.42. The van der Waals surface area contributed by atoms with Crippen LogP contribution in [0.4, 0.5) is 11.4 Å². The summed E-state index contributed by atoms with van der Waals surface area (Å²) in [4.78, 5) is 2.40. The predicted octanol–water partition coefficient (Wildman–Crippen LogP) is 2.34. The van der Waals surface area contributed by atoms with Crippen LogP contribution in [0.5, 0.6) is 5.75 Å². The fourth-order valence-corrected chi connectivity index (χ4v) is 2.00. The Kier molecular flexibility index (Phi) is 2.99. The molecule has 1 aromatic rings. The Morgan fingerprint density at radius 2 is 2.33 bits per heavy atom. The number of nitrogens with zero attached hydrogens (tertiary/aromatic N) is 1. The van der Waals surface area contributed by atoms with Crippen LogP contribution in [0.15, 0.2) is 18.2 Å². The van der Waals surface area contributed by atoms with Crippen LogP contribution in [0, 0.1) is 0 Å². The van der Waals surface area contributed by atoms with Gasteiger partial charge >= 0.3 is 0 Å². The lowest BCUT2D eigenvalue weighted by atomic mass is 10.2. The predicted molar refractivity (Wildman–Crippen MR) is 64.0 cm³/mol. The van der Waals surface area contributed by atoms with Gasteiger partial charge in [0.2, 0.25) is 0 Å². The molecule has 2 rings (SSSR count). The van der Waals surface area contributed by atoms with Crippen molar-refractivity contribution in [3.05, 3.63) is 18.2 Å². The molecule has 1 aliphatic heterocycles. The van der Waals surface area contributed by atoms with Crippen molar-refractivity contribution in [1.82, 2.24) is 0 Å². The molecule has 1 N–H and O–H groups in total. The van der Waals surface area contributed by atoms with Crippen LogP contribution in [0.25, 0.3) is 0 Å². The standard InChI is InChI=1S/C12H18N2O/c1-3-14-8-4-7-13-11-9-10(15-2)5-6-12(11)14/h5-6,9,13H,3-4,7-8H2,1-2H3. The summed E-state index contributed by atoms with van der Waals surface area (Å²) in [5.74, 6) is 0.916. The quantitative estimate of drug-likeness (QED) is 0.803. The van der Waals surface area contributed by atoms with E-state index in [1.165, 1.54) is 17.8 Å². The zero-order valence-corrected chi connectivity index (χ0v) is 9.42. The van der Waals surface area contributed by atoms with Crippen LogP contribution >= 0.6 is 0 Å². The minimum Gasteiger partial charge on any atom is -0.497 e. The van der Waals surface area contributed by atoms with Gasteiger partial charge in [-0.1, -0.05) is 0 Å². The van der Waals surface area contributed by atoms with Gasteiger partial charge in [0.05, 0.1) is 18.5 Å². The molecular weight excluding hydrogens is 188 g/mol. The number of fused-ring (bicyclic) bond motifs is 1. The van der Waals surface area contributed by atoms with Crippen molar-refractivity contribution in [1.29, 1.82) is 0 Å². The highest BCUT2D eigenvalue weighted by Gasteiger charge is 2.13. The lowest BCUT2D eigenvalue weighted by molar-refractivity contribution is 0.415. The minimum atomic E-state index is 0.916. The third-order valence-corrected chi connectivity index (χ3v) is 2.85. The van der Waals surface area contributed by atoms with Crippen molar-refractivity contribution in [2.75, 3.05) is 37.0 Å². The number of hydrogen-bond donors (Lipinski definition) is 1. The Labute approximate surface area is 91.0 Å². The summed E-state index contributed by atoms with van der Waals surface area (Å²) in [6, 6.07) is 6.23. The SMILES string of the molecule is CCN1CCCNc2cc(OC)ccc21. The van der Waals surface area contributed by atoms with Crippen LogP contribution in [-0.2, 0) is 0 Å². The first-order chi connectivity index (χ1) is 7.35. The van der Waals surface area contributed by atoms with Crippen LogP contribution in [0.1, 0.15) is 13.3 Å². The second kappa shape index (κ2) is 4.43. The zero-order chi connectivity index (χ0) is 10.7. The highest BCUT2D eigenvalue weighted by Crippen LogP contribution is 2.31. The van der Waals surface area contributed by atoms with Crippen LogP contribution in [0.2, 0.25) is 0 Å². The van der Waals surface area contributed by atoms with E-state index in [-0.39, 0.29) is 0 Å². The molecule has 0 saturated carbocycles. The molecule has 3 heteroatoms. The number of benzene rings is 1. The molecule has 1 heterocycles. The molecule has 0 radical (unpaired) electrons. The third kappa shape index (κ3) is 2.01. The molecule has 3 nitrogen and oxygen atoms in total. The molecule has 1 aromatic carbocycles. The van der Waals surface area contributed by atoms with Crippen LogP contribution in [0.3, 0.4) is 0 Å². The second-order valence-electron chi connectivity index (χ2n) is 3.74. The van der Waals surface area contributed by atoms with Gasteiger partial charge in [0.25, 0.3) is 0 Å². The molecule has 0 fully saturated rings. The maximum absolute atomic E-state index is 5.23. The molecule has 0 spiro atoms. The summed E-state index contributed by atoms with van der Waals surface area (Å²) >= 11 is 0. The van der Waals surface area contributed by atoms with Gasteiger partial charge in [-0.05, 0) is 25.5 Å². The van der Waals surface area contributed by atoms with E-state index in [1.807, 2.05) is 6.07 Å². The van der Waals surface area contributed by atoms with Gasteiger partial charge < -0.3 is 15.0 Å². The summed E-state index contributed by atoms with van der Waals surface area (Å²) in [5.41, 5.74) is 2.48. The van der Waals surface area contributed by atoms with Gasteiger partial charge in [-0.15, -0.1) is 0 Å². The van der Waals surface area contributed by atoms with E-state index in [9.17, 15) is 0 Å². The summed E-state index contributed by atoms with van der Waals surface area (Å²) in [6.07, 6.45) is 1.19. The smallest absolute Gasteiger partial charge is 0.121 e. The Morgan fingerprint density at radius 3 is 3.07 bits per heavy atom. The van der Waals surface area contributed by atoms with Gasteiger partial charge in [-0.2, -0.15) is 0 Å². The maximum Gasteiger partial charge on any atom is 0.121 e. The van der Waals surface area contributed by atoms with Gasteiger partial charge in [-0.3, -0.25) is 0 Å². The van der Waals surface area contributed by atoms with E-state index in [2.05, 4.69) is 29.3 Å². The first kappa shape index (κ1) is 10.1. The van der Waals surface area contributed by atoms with E-state index in [4.69, 9.17) is 4.74 Å². The first-order valence-corrected chi connectivity index (χ1v) is 5.52. The average Bonchev–Trinajstić information content (AvgIpc) is 2.49. The third-order valence-electron chi connectivity index (χ3n) is 2.85. The van der Waals surface area contributed by atoms with Crippen molar-refractivity contribution < 1.29 is 4.74 Å². The summed E-state index contributed by atoms with van der Waals surface area (Å²) in [5, 5.41) is 3.44. The number of hydrogen-bond acceptors (Lipinski definition) is 3. The monoisotopic (exact) mass is 206 g/mol. The van der Waals surface area contributed by atoms with Gasteiger partial charge in [-0.25, -0.2) is 0 Å². The molecule has 15 heavy (non-hydrogen) atoms. The Morgan fingerprint density at radius 1 is 1.47 bits per heavy atom. The van der Waals surface area contributed by atoms with Gasteiger partial charge in [0.15, 0.2) is 0 Å². The topological polar surface area (TPSA) is 24.5 Å². The van der Waals surface area contributed by atoms with Crippen molar-refractivity contribution in [2.45, 2.75) is 13.3 Å². The Hall–Kier alpha value is -1.38. The number of nitrogens with one attached hydrogen (secondary N) is 1. The fourth-order valence-electron chi connectivity index (χ4n) is 2.00. The lowest BCUT2D eigenvalue weighted by Crippen LogP contribution is -2.23. The Balaban J connectivity index is 2.36. The molecule has 0 bridgehead atoms. The molecule has 0 amide bonds. The van der Waals surface area contributed by atoms with E-state index in [1.54, 1.807) is 7.11 Å². The largest absolute Gasteiger partial charge is 0.497 e. The van der Waals surface area contributed by atoms with E-state index >= 15 is 0 Å². The van der Waals surface area contributed by atoms with E-state index < -0.39 is 0 Å². The summed E-state index contributed by atoms with van der Waals surface area (Å²) in [7, 11) is 1.70. The molecule has 0 unspecified atom stereocenters. The molecule has 0 aromatic heterocycles. The summed E-state index contributed by atoms with van der Waals surface area (Å²) < 4.78 is 5.23. The van der Waals surface area contributed by atoms with Gasteiger partial charge in [0.1, 0.15) is 5.75 Å². The Bertz CT molecular complexity index is 338. The van der Waals surface area contributed by atoms with Crippen LogP contribution in [-0.4, -0.2) is 26.7 Å². The van der Waals surface area contributed by atoms with Crippen molar-refractivity contribution in [3.8, 4) is 5.75 Å².